The monoisotopic (exact) mass is 405 g/mol. The van der Waals surface area contributed by atoms with Crippen LogP contribution in [-0.2, 0) is 27.9 Å². The van der Waals surface area contributed by atoms with E-state index < -0.39 is 27.7 Å². The second-order valence-electron chi connectivity index (χ2n) is 6.07. The normalized spacial score (nSPS) is 20.9. The summed E-state index contributed by atoms with van der Waals surface area (Å²) in [5.74, 6) is 0. The summed E-state index contributed by atoms with van der Waals surface area (Å²) in [6, 6.07) is 8.59. The van der Waals surface area contributed by atoms with Crippen LogP contribution in [0.4, 0.5) is 13.2 Å². The average molecular weight is 405 g/mol. The summed E-state index contributed by atoms with van der Waals surface area (Å²) < 4.78 is 68.9. The number of alkyl halides is 3. The molecule has 0 amide bonds. The SMILES string of the molecule is O=S(=O)(N[C@@H]1CNC[C@H]1OCc1cn(Cc2ccccc2)nn1)C(F)(F)F. The molecular weight excluding hydrogens is 387 g/mol. The molecule has 12 heteroatoms. The summed E-state index contributed by atoms with van der Waals surface area (Å²) in [4.78, 5) is 0. The van der Waals surface area contributed by atoms with Gasteiger partial charge >= 0.3 is 15.5 Å². The largest absolute Gasteiger partial charge is 0.511 e. The van der Waals surface area contributed by atoms with Crippen molar-refractivity contribution < 1.29 is 26.3 Å². The van der Waals surface area contributed by atoms with Crippen molar-refractivity contribution in [3.05, 3.63) is 47.8 Å². The minimum atomic E-state index is -5.43. The summed E-state index contributed by atoms with van der Waals surface area (Å²) in [6.45, 7) is 0.794. The van der Waals surface area contributed by atoms with Crippen LogP contribution in [-0.4, -0.2) is 54.2 Å². The Morgan fingerprint density at radius 3 is 2.70 bits per heavy atom. The number of hydrogen-bond donors (Lipinski definition) is 2. The Hall–Kier alpha value is -2.02. The molecule has 0 unspecified atom stereocenters. The van der Waals surface area contributed by atoms with Gasteiger partial charge < -0.3 is 10.1 Å². The van der Waals surface area contributed by atoms with Gasteiger partial charge in [-0.2, -0.15) is 13.2 Å². The fourth-order valence-electron chi connectivity index (χ4n) is 2.66. The lowest BCUT2D eigenvalue weighted by Crippen LogP contribution is -2.48. The van der Waals surface area contributed by atoms with Gasteiger partial charge in [-0.3, -0.25) is 0 Å². The summed E-state index contributed by atoms with van der Waals surface area (Å²) in [5.41, 5.74) is -3.83. The first-order chi connectivity index (χ1) is 12.7. The van der Waals surface area contributed by atoms with Crippen LogP contribution >= 0.6 is 0 Å². The van der Waals surface area contributed by atoms with Crippen molar-refractivity contribution in [3.8, 4) is 0 Å². The van der Waals surface area contributed by atoms with E-state index in [4.69, 9.17) is 4.74 Å². The molecule has 2 aromatic rings. The molecule has 1 aliphatic rings. The lowest BCUT2D eigenvalue weighted by Gasteiger charge is -2.20. The van der Waals surface area contributed by atoms with Crippen molar-refractivity contribution in [2.45, 2.75) is 30.8 Å². The van der Waals surface area contributed by atoms with Crippen molar-refractivity contribution >= 4 is 10.0 Å². The van der Waals surface area contributed by atoms with Gasteiger partial charge in [-0.05, 0) is 5.56 Å². The number of halogens is 3. The number of nitrogens with one attached hydrogen (secondary N) is 2. The molecule has 0 spiro atoms. The van der Waals surface area contributed by atoms with Gasteiger partial charge in [0.15, 0.2) is 0 Å². The third-order valence-electron chi connectivity index (χ3n) is 3.99. The van der Waals surface area contributed by atoms with Crippen LogP contribution in [0, 0.1) is 0 Å². The smallest absolute Gasteiger partial charge is 0.369 e. The average Bonchev–Trinajstić information content (AvgIpc) is 3.22. The maximum Gasteiger partial charge on any atom is 0.511 e. The molecule has 1 aliphatic heterocycles. The van der Waals surface area contributed by atoms with E-state index in [1.165, 1.54) is 0 Å². The van der Waals surface area contributed by atoms with Crippen molar-refractivity contribution in [2.75, 3.05) is 13.1 Å². The highest BCUT2D eigenvalue weighted by Gasteiger charge is 2.48. The van der Waals surface area contributed by atoms with Gasteiger partial charge in [0.2, 0.25) is 0 Å². The molecular formula is C15H18F3N5O3S. The Balaban J connectivity index is 1.55. The van der Waals surface area contributed by atoms with Crippen molar-refractivity contribution in [1.82, 2.24) is 25.0 Å². The molecule has 1 aromatic carbocycles. The molecule has 8 nitrogen and oxygen atoms in total. The molecule has 0 aliphatic carbocycles. The third-order valence-corrected chi connectivity index (χ3v) is 5.21. The fourth-order valence-corrected chi connectivity index (χ4v) is 3.43. The zero-order valence-electron chi connectivity index (χ0n) is 14.1. The maximum absolute atomic E-state index is 12.5. The third kappa shape index (κ3) is 5.03. The van der Waals surface area contributed by atoms with Gasteiger partial charge in [0.25, 0.3) is 0 Å². The Kier molecular flexibility index (Phi) is 5.79. The molecule has 2 N–H and O–H groups in total. The Bertz CT molecular complexity index is 857. The lowest BCUT2D eigenvalue weighted by atomic mass is 10.2. The zero-order chi connectivity index (χ0) is 19.5. The number of hydrogen-bond acceptors (Lipinski definition) is 6. The van der Waals surface area contributed by atoms with Crippen LogP contribution in [0.3, 0.4) is 0 Å². The fraction of sp³-hybridized carbons (Fsp3) is 0.467. The molecule has 2 heterocycles. The van der Waals surface area contributed by atoms with Gasteiger partial charge in [-0.25, -0.2) is 17.8 Å². The molecule has 0 saturated carbocycles. The maximum atomic E-state index is 12.5. The van der Waals surface area contributed by atoms with Crippen LogP contribution in [0.15, 0.2) is 36.5 Å². The molecule has 27 heavy (non-hydrogen) atoms. The van der Waals surface area contributed by atoms with Gasteiger partial charge in [0.05, 0.1) is 31.5 Å². The lowest BCUT2D eigenvalue weighted by molar-refractivity contribution is -0.0458. The van der Waals surface area contributed by atoms with Crippen LogP contribution in [0.2, 0.25) is 0 Å². The summed E-state index contributed by atoms with van der Waals surface area (Å²) in [6.07, 6.45) is 0.922. The number of sulfonamides is 1. The minimum Gasteiger partial charge on any atom is -0.369 e. The topological polar surface area (TPSA) is 98.1 Å². The van der Waals surface area contributed by atoms with Gasteiger partial charge in [-0.15, -0.1) is 5.10 Å². The molecule has 2 atom stereocenters. The first-order valence-corrected chi connectivity index (χ1v) is 9.57. The van der Waals surface area contributed by atoms with Crippen molar-refractivity contribution in [3.63, 3.8) is 0 Å². The van der Waals surface area contributed by atoms with E-state index in [-0.39, 0.29) is 19.7 Å². The summed E-state index contributed by atoms with van der Waals surface area (Å²) in [5, 5.41) is 10.7. The van der Waals surface area contributed by atoms with E-state index in [0.717, 1.165) is 5.56 Å². The number of ether oxygens (including phenoxy) is 1. The van der Waals surface area contributed by atoms with E-state index in [9.17, 15) is 21.6 Å². The summed E-state index contributed by atoms with van der Waals surface area (Å²) >= 11 is 0. The van der Waals surface area contributed by atoms with Crippen molar-refractivity contribution in [2.24, 2.45) is 0 Å². The van der Waals surface area contributed by atoms with Gasteiger partial charge in [0, 0.05) is 13.1 Å². The summed E-state index contributed by atoms with van der Waals surface area (Å²) in [7, 11) is -5.43. The Morgan fingerprint density at radius 1 is 1.26 bits per heavy atom. The molecule has 0 bridgehead atoms. The number of aromatic nitrogens is 3. The standard InChI is InChI=1S/C15H18F3N5O3S/c16-15(17,18)27(24,25)21-13-6-19-7-14(13)26-10-12-9-23(22-20-12)8-11-4-2-1-3-5-11/h1-5,9,13-14,19,21H,6-8,10H2/t13-,14-/m1/s1. The van der Waals surface area contributed by atoms with Gasteiger partial charge in [0.1, 0.15) is 5.69 Å². The van der Waals surface area contributed by atoms with E-state index in [1.54, 1.807) is 15.6 Å². The zero-order valence-corrected chi connectivity index (χ0v) is 14.9. The number of rotatable bonds is 7. The second kappa shape index (κ2) is 7.92. The van der Waals surface area contributed by atoms with E-state index in [1.807, 2.05) is 30.3 Å². The molecule has 1 fully saturated rings. The van der Waals surface area contributed by atoms with Crippen LogP contribution in [0.1, 0.15) is 11.3 Å². The highest BCUT2D eigenvalue weighted by Crippen LogP contribution is 2.23. The first kappa shape index (κ1) is 19.7. The Labute approximate surface area is 153 Å². The number of nitrogens with zero attached hydrogens (tertiary/aromatic N) is 3. The predicted octanol–water partition coefficient (Wildman–Crippen LogP) is 0.623. The van der Waals surface area contributed by atoms with E-state index in [2.05, 4.69) is 15.6 Å². The Morgan fingerprint density at radius 2 is 2.00 bits per heavy atom. The van der Waals surface area contributed by atoms with Crippen LogP contribution in [0.25, 0.3) is 0 Å². The molecule has 1 aromatic heterocycles. The highest BCUT2D eigenvalue weighted by atomic mass is 32.2. The predicted molar refractivity (Wildman–Crippen MR) is 88.9 cm³/mol. The van der Waals surface area contributed by atoms with Crippen molar-refractivity contribution in [1.29, 1.82) is 0 Å². The molecule has 1 saturated heterocycles. The highest BCUT2D eigenvalue weighted by molar-refractivity contribution is 7.90. The first-order valence-electron chi connectivity index (χ1n) is 8.08. The second-order valence-corrected chi connectivity index (χ2v) is 7.78. The van der Waals surface area contributed by atoms with E-state index in [0.29, 0.717) is 12.2 Å². The van der Waals surface area contributed by atoms with Crippen LogP contribution in [0.5, 0.6) is 0 Å². The minimum absolute atomic E-state index is 0.00534. The molecule has 148 valence electrons. The molecule has 0 radical (unpaired) electrons. The van der Waals surface area contributed by atoms with Gasteiger partial charge in [-0.1, -0.05) is 35.5 Å². The molecule has 3 rings (SSSR count). The quantitative estimate of drug-likeness (QED) is 0.701. The number of benzene rings is 1. The van der Waals surface area contributed by atoms with Crippen LogP contribution < -0.4 is 10.0 Å². The van der Waals surface area contributed by atoms with E-state index >= 15 is 0 Å².